The van der Waals surface area contributed by atoms with Crippen molar-refractivity contribution >= 4 is 20.0 Å². The van der Waals surface area contributed by atoms with E-state index < -0.39 is 20.0 Å². The molecule has 0 saturated heterocycles. The normalized spacial score (nSPS) is 12.4. The Balaban J connectivity index is 4.81. The highest BCUT2D eigenvalue weighted by atomic mass is 32.3. The maximum atomic E-state index is 10.5. The van der Waals surface area contributed by atoms with Crippen LogP contribution in [0.2, 0.25) is 0 Å². The second-order valence-electron chi connectivity index (χ2n) is 1.44. The molecule has 0 heterocycles. The van der Waals surface area contributed by atoms with Crippen LogP contribution in [0.15, 0.2) is 24.0 Å². The topological polar surface area (TPSA) is 82.4 Å². The predicted octanol–water partition coefficient (Wildman–Crippen LogP) is -0.463. The Hall–Kier alpha value is -0.660. The first-order valence-corrected chi connectivity index (χ1v) is 5.33. The fourth-order valence-electron chi connectivity index (χ4n) is 0.206. The van der Waals surface area contributed by atoms with Gasteiger partial charge in [0.15, 0.2) is 0 Å². The van der Waals surface area contributed by atoms with Crippen molar-refractivity contribution in [2.24, 2.45) is 0 Å². The summed E-state index contributed by atoms with van der Waals surface area (Å²) in [7, 11) is -8.12. The van der Waals surface area contributed by atoms with E-state index in [0.717, 1.165) is 0 Å². The van der Waals surface area contributed by atoms with Crippen molar-refractivity contribution in [3.05, 3.63) is 24.0 Å². The minimum atomic E-state index is -4.06. The van der Waals surface area contributed by atoms with Crippen LogP contribution < -0.4 is 4.13 Å². The lowest BCUT2D eigenvalue weighted by atomic mass is 11.3. The summed E-state index contributed by atoms with van der Waals surface area (Å²) in [6.45, 7) is 5.74. The van der Waals surface area contributed by atoms with Crippen LogP contribution in [0, 0.1) is 0 Å². The molecular weight excluding hydrogens is 190 g/mol. The van der Waals surface area contributed by atoms with Gasteiger partial charge < -0.3 is 0 Å². The highest BCUT2D eigenvalue weighted by Crippen LogP contribution is 1.94. The van der Waals surface area contributed by atoms with Crippen LogP contribution >= 0.6 is 0 Å². The first kappa shape index (κ1) is 10.3. The van der Waals surface area contributed by atoms with Crippen molar-refractivity contribution < 1.29 is 16.8 Å². The highest BCUT2D eigenvalue weighted by Gasteiger charge is 2.16. The lowest BCUT2D eigenvalue weighted by Gasteiger charge is -1.93. The second-order valence-corrected chi connectivity index (χ2v) is 4.76. The third kappa shape index (κ3) is 3.91. The van der Waals surface area contributed by atoms with E-state index >= 15 is 0 Å². The van der Waals surface area contributed by atoms with Gasteiger partial charge in [0.2, 0.25) is 0 Å². The van der Waals surface area contributed by atoms with Crippen molar-refractivity contribution in [3.63, 3.8) is 0 Å². The van der Waals surface area contributed by atoms with Crippen LogP contribution in [0.1, 0.15) is 0 Å². The van der Waals surface area contributed by atoms with E-state index in [2.05, 4.69) is 17.3 Å². The molecule has 0 unspecified atom stereocenters. The smallest absolute Gasteiger partial charge is 0.205 e. The molecule has 0 spiro atoms. The number of sulfonamides is 2. The fraction of sp³-hybridized carbons (Fsp3) is 0. The first-order valence-electron chi connectivity index (χ1n) is 2.32. The SMILES string of the molecule is C=CS(=O)(=O)[N]S(=O)(=O)C=C. The lowest BCUT2D eigenvalue weighted by molar-refractivity contribution is 0.586. The molecule has 0 rings (SSSR count). The molecular formula is C4H6NO4S2. The molecule has 5 nitrogen and oxygen atoms in total. The largest absolute Gasteiger partial charge is 0.264 e. The van der Waals surface area contributed by atoms with E-state index in [1.165, 1.54) is 0 Å². The van der Waals surface area contributed by atoms with Gasteiger partial charge in [-0.15, -0.1) is 0 Å². The van der Waals surface area contributed by atoms with Gasteiger partial charge in [-0.25, -0.2) is 16.8 Å². The number of nitrogens with zero attached hydrogens (tertiary/aromatic N) is 1. The third-order valence-corrected chi connectivity index (χ3v) is 3.13. The summed E-state index contributed by atoms with van der Waals surface area (Å²) in [5.74, 6) is 0. The fourth-order valence-corrected chi connectivity index (χ4v) is 1.85. The molecule has 0 aliphatic carbocycles. The van der Waals surface area contributed by atoms with Gasteiger partial charge in [-0.1, -0.05) is 13.2 Å². The van der Waals surface area contributed by atoms with E-state index in [1.54, 1.807) is 0 Å². The van der Waals surface area contributed by atoms with Crippen molar-refractivity contribution in [2.75, 3.05) is 0 Å². The second kappa shape index (κ2) is 3.16. The Kier molecular flexibility index (Phi) is 2.97. The molecule has 0 aromatic heterocycles. The predicted molar refractivity (Wildman–Crippen MR) is 40.4 cm³/mol. The van der Waals surface area contributed by atoms with Crippen LogP contribution in [0.4, 0.5) is 0 Å². The Morgan fingerprint density at radius 2 is 1.18 bits per heavy atom. The van der Waals surface area contributed by atoms with Gasteiger partial charge >= 0.3 is 0 Å². The van der Waals surface area contributed by atoms with Gasteiger partial charge in [0.1, 0.15) is 0 Å². The summed E-state index contributed by atoms with van der Waals surface area (Å²) in [5.41, 5.74) is 0. The van der Waals surface area contributed by atoms with Crippen LogP contribution in [0.5, 0.6) is 0 Å². The molecule has 7 heteroatoms. The molecule has 0 aliphatic heterocycles. The van der Waals surface area contributed by atoms with E-state index in [4.69, 9.17) is 0 Å². The summed E-state index contributed by atoms with van der Waals surface area (Å²) >= 11 is 0. The zero-order valence-corrected chi connectivity index (χ0v) is 7.10. The first-order chi connectivity index (χ1) is 4.83. The van der Waals surface area contributed by atoms with Gasteiger partial charge in [0.05, 0.1) is 0 Å². The van der Waals surface area contributed by atoms with E-state index in [-0.39, 0.29) is 0 Å². The minimum Gasteiger partial charge on any atom is -0.205 e. The number of hydrogen-bond donors (Lipinski definition) is 0. The molecule has 0 aliphatic rings. The zero-order valence-electron chi connectivity index (χ0n) is 5.47. The maximum absolute atomic E-state index is 10.5. The van der Waals surface area contributed by atoms with Crippen molar-refractivity contribution in [1.29, 1.82) is 0 Å². The molecule has 63 valence electrons. The maximum Gasteiger partial charge on any atom is 0.264 e. The summed E-state index contributed by atoms with van der Waals surface area (Å²) in [4.78, 5) is 0. The van der Waals surface area contributed by atoms with Crippen LogP contribution in [-0.2, 0) is 20.0 Å². The molecule has 0 saturated carbocycles. The number of hydrogen-bond acceptors (Lipinski definition) is 4. The quantitative estimate of drug-likeness (QED) is 0.609. The standard InChI is InChI=1S/C4H6NO4S2/c1-3-10(6,7)5-11(8,9)4-2/h3-4H,1-2H2. The Morgan fingerprint density at radius 3 is 1.36 bits per heavy atom. The third-order valence-electron chi connectivity index (χ3n) is 0.629. The van der Waals surface area contributed by atoms with Crippen molar-refractivity contribution in [3.8, 4) is 0 Å². The molecule has 0 atom stereocenters. The van der Waals surface area contributed by atoms with E-state index in [0.29, 0.717) is 10.8 Å². The van der Waals surface area contributed by atoms with Gasteiger partial charge in [-0.3, -0.25) is 0 Å². The summed E-state index contributed by atoms with van der Waals surface area (Å²) in [6.07, 6.45) is 0. The van der Waals surface area contributed by atoms with Crippen molar-refractivity contribution in [1.82, 2.24) is 4.13 Å². The van der Waals surface area contributed by atoms with Crippen LogP contribution in [0.3, 0.4) is 0 Å². The Morgan fingerprint density at radius 1 is 0.909 bits per heavy atom. The van der Waals surface area contributed by atoms with E-state index in [9.17, 15) is 16.8 Å². The Labute approximate surface area is 65.5 Å². The molecule has 11 heavy (non-hydrogen) atoms. The highest BCUT2D eigenvalue weighted by molar-refractivity contribution is 8.07. The number of rotatable bonds is 4. The minimum absolute atomic E-state index is 0.439. The van der Waals surface area contributed by atoms with Gasteiger partial charge in [-0.05, 0) is 0 Å². The molecule has 0 N–H and O–H groups in total. The summed E-state index contributed by atoms with van der Waals surface area (Å²) in [6, 6.07) is 0. The molecule has 0 bridgehead atoms. The van der Waals surface area contributed by atoms with Gasteiger partial charge in [0.25, 0.3) is 20.0 Å². The average molecular weight is 196 g/mol. The monoisotopic (exact) mass is 196 g/mol. The lowest BCUT2D eigenvalue weighted by Crippen LogP contribution is -2.18. The van der Waals surface area contributed by atoms with Gasteiger partial charge in [0, 0.05) is 14.9 Å². The summed E-state index contributed by atoms with van der Waals surface area (Å²) in [5, 5.41) is 0.877. The molecule has 0 aromatic rings. The average Bonchev–Trinajstić information content (AvgIpc) is 1.86. The summed E-state index contributed by atoms with van der Waals surface area (Å²) < 4.78 is 44.3. The molecule has 0 amide bonds. The molecule has 0 fully saturated rings. The van der Waals surface area contributed by atoms with E-state index in [1.807, 2.05) is 0 Å². The van der Waals surface area contributed by atoms with Crippen LogP contribution in [0.25, 0.3) is 0 Å². The molecule has 1 radical (unpaired) electrons. The van der Waals surface area contributed by atoms with Crippen molar-refractivity contribution in [2.45, 2.75) is 0 Å². The van der Waals surface area contributed by atoms with Gasteiger partial charge in [-0.2, -0.15) is 0 Å². The molecule has 0 aromatic carbocycles. The van der Waals surface area contributed by atoms with Crippen LogP contribution in [-0.4, -0.2) is 16.8 Å². The Bertz CT molecular complexity index is 314. The zero-order chi connectivity index (χ0) is 9.12.